The van der Waals surface area contributed by atoms with Crippen molar-refractivity contribution in [3.05, 3.63) is 33.3 Å². The topological polar surface area (TPSA) is 15.3 Å². The van der Waals surface area contributed by atoms with Gasteiger partial charge in [-0.15, -0.1) is 0 Å². The summed E-state index contributed by atoms with van der Waals surface area (Å²) in [6.07, 6.45) is 2.61. The van der Waals surface area contributed by atoms with Crippen LogP contribution >= 0.6 is 27.5 Å². The van der Waals surface area contributed by atoms with E-state index in [1.54, 1.807) is 0 Å². The van der Waals surface area contributed by atoms with Gasteiger partial charge in [0, 0.05) is 11.0 Å². The smallest absolute Gasteiger partial charge is 0.0548 e. The van der Waals surface area contributed by atoms with Crippen LogP contribution < -0.4 is 5.32 Å². The van der Waals surface area contributed by atoms with Crippen molar-refractivity contribution in [1.29, 1.82) is 0 Å². The number of hydrogen-bond donors (Lipinski definition) is 1. The molecule has 19 heavy (non-hydrogen) atoms. The minimum absolute atomic E-state index is 0.785. The minimum atomic E-state index is 0.785. The zero-order chi connectivity index (χ0) is 13.7. The Hall–Kier alpha value is -0.0900. The van der Waals surface area contributed by atoms with Crippen molar-refractivity contribution >= 4 is 27.5 Å². The van der Waals surface area contributed by atoms with E-state index in [0.717, 1.165) is 28.5 Å². The van der Waals surface area contributed by atoms with E-state index in [2.05, 4.69) is 45.2 Å². The van der Waals surface area contributed by atoms with E-state index in [0.29, 0.717) is 0 Å². The van der Waals surface area contributed by atoms with Crippen molar-refractivity contribution < 1.29 is 0 Å². The van der Waals surface area contributed by atoms with Gasteiger partial charge in [0.2, 0.25) is 0 Å². The van der Waals surface area contributed by atoms with Gasteiger partial charge in [0.15, 0.2) is 0 Å². The van der Waals surface area contributed by atoms with Gasteiger partial charge < -0.3 is 5.32 Å². The van der Waals surface area contributed by atoms with Crippen LogP contribution in [0.25, 0.3) is 0 Å². The predicted octanol–water partition coefficient (Wildman–Crippen LogP) is 3.92. The summed E-state index contributed by atoms with van der Waals surface area (Å²) in [5.74, 6) is 0.855. The molecule has 1 heterocycles. The Labute approximate surface area is 129 Å². The second-order valence-electron chi connectivity index (χ2n) is 5.28. The van der Waals surface area contributed by atoms with E-state index < -0.39 is 0 Å². The maximum Gasteiger partial charge on any atom is 0.0548 e. The highest BCUT2D eigenvalue weighted by molar-refractivity contribution is 9.10. The van der Waals surface area contributed by atoms with Gasteiger partial charge in [-0.25, -0.2) is 0 Å². The van der Waals surface area contributed by atoms with E-state index >= 15 is 0 Å². The molecular formula is C15H22BrClN2. The van der Waals surface area contributed by atoms with Crippen LogP contribution in [0.2, 0.25) is 5.02 Å². The summed E-state index contributed by atoms with van der Waals surface area (Å²) in [5.41, 5.74) is 1.33. The maximum absolute atomic E-state index is 6.02. The summed E-state index contributed by atoms with van der Waals surface area (Å²) >= 11 is 9.51. The van der Waals surface area contributed by atoms with Crippen LogP contribution in [0, 0.1) is 5.92 Å². The van der Waals surface area contributed by atoms with Crippen LogP contribution in [-0.4, -0.2) is 31.1 Å². The Morgan fingerprint density at radius 2 is 2.11 bits per heavy atom. The third kappa shape index (κ3) is 4.75. The number of nitrogens with one attached hydrogen (secondary N) is 1. The molecule has 2 nitrogen and oxygen atoms in total. The lowest BCUT2D eigenvalue weighted by Crippen LogP contribution is -2.36. The fraction of sp³-hybridized carbons (Fsp3) is 0.600. The summed E-state index contributed by atoms with van der Waals surface area (Å²) in [5, 5.41) is 4.24. The van der Waals surface area contributed by atoms with Crippen molar-refractivity contribution in [2.45, 2.75) is 26.3 Å². The van der Waals surface area contributed by atoms with Crippen molar-refractivity contribution in [2.24, 2.45) is 5.92 Å². The lowest BCUT2D eigenvalue weighted by atomic mass is 9.96. The molecule has 4 heteroatoms. The van der Waals surface area contributed by atoms with E-state index in [4.69, 9.17) is 11.6 Å². The van der Waals surface area contributed by atoms with Gasteiger partial charge in [0.1, 0.15) is 0 Å². The molecule has 0 saturated carbocycles. The summed E-state index contributed by atoms with van der Waals surface area (Å²) in [6.45, 7) is 7.87. The fourth-order valence-corrected chi connectivity index (χ4v) is 3.14. The Morgan fingerprint density at radius 3 is 2.74 bits per heavy atom. The highest BCUT2D eigenvalue weighted by Crippen LogP contribution is 2.25. The first-order valence-corrected chi connectivity index (χ1v) is 8.23. The molecule has 0 radical (unpaired) electrons. The number of rotatable bonds is 5. The van der Waals surface area contributed by atoms with Crippen molar-refractivity contribution in [1.82, 2.24) is 10.2 Å². The molecular weight excluding hydrogens is 324 g/mol. The molecule has 1 aliphatic rings. The van der Waals surface area contributed by atoms with Gasteiger partial charge in [-0.3, -0.25) is 4.90 Å². The van der Waals surface area contributed by atoms with Gasteiger partial charge in [0.25, 0.3) is 0 Å². The Kier molecular flexibility index (Phi) is 6.14. The first kappa shape index (κ1) is 15.3. The zero-order valence-corrected chi connectivity index (χ0v) is 13.8. The molecule has 2 rings (SSSR count). The summed E-state index contributed by atoms with van der Waals surface area (Å²) in [6, 6.07) is 6.23. The lowest BCUT2D eigenvalue weighted by molar-refractivity contribution is 0.176. The molecule has 0 amide bonds. The van der Waals surface area contributed by atoms with Crippen LogP contribution in [0.5, 0.6) is 0 Å². The number of hydrogen-bond acceptors (Lipinski definition) is 2. The van der Waals surface area contributed by atoms with Crippen LogP contribution in [0.4, 0.5) is 0 Å². The molecule has 1 fully saturated rings. The number of halogens is 2. The van der Waals surface area contributed by atoms with Crippen molar-refractivity contribution in [2.75, 3.05) is 26.2 Å². The Morgan fingerprint density at radius 1 is 1.37 bits per heavy atom. The monoisotopic (exact) mass is 344 g/mol. The van der Waals surface area contributed by atoms with Gasteiger partial charge in [0.05, 0.1) is 5.02 Å². The molecule has 0 aliphatic carbocycles. The van der Waals surface area contributed by atoms with Gasteiger partial charge in [-0.05, 0) is 78.6 Å². The largest absolute Gasteiger partial charge is 0.317 e. The average Bonchev–Trinajstić information content (AvgIpc) is 2.42. The van der Waals surface area contributed by atoms with Gasteiger partial charge >= 0.3 is 0 Å². The highest BCUT2D eigenvalue weighted by Gasteiger charge is 2.18. The zero-order valence-electron chi connectivity index (χ0n) is 11.5. The Bertz CT molecular complexity index is 403. The second-order valence-corrected chi connectivity index (χ2v) is 6.54. The van der Waals surface area contributed by atoms with E-state index in [9.17, 15) is 0 Å². The third-order valence-corrected chi connectivity index (χ3v) is 4.99. The molecule has 1 saturated heterocycles. The molecule has 106 valence electrons. The van der Waals surface area contributed by atoms with E-state index in [1.165, 1.54) is 38.0 Å². The summed E-state index contributed by atoms with van der Waals surface area (Å²) in [7, 11) is 0. The Balaban J connectivity index is 1.80. The SMILES string of the molecule is CCNCC1CCN(Cc2ccc(Cl)c(Br)c2)CC1. The van der Waals surface area contributed by atoms with E-state index in [1.807, 2.05) is 6.07 Å². The average molecular weight is 346 g/mol. The minimum Gasteiger partial charge on any atom is -0.317 e. The van der Waals surface area contributed by atoms with Gasteiger partial charge in [-0.2, -0.15) is 0 Å². The molecule has 0 bridgehead atoms. The lowest BCUT2D eigenvalue weighted by Gasteiger charge is -2.32. The number of likely N-dealkylation sites (tertiary alicyclic amines) is 1. The van der Waals surface area contributed by atoms with Crippen LogP contribution in [-0.2, 0) is 6.54 Å². The van der Waals surface area contributed by atoms with Crippen molar-refractivity contribution in [3.63, 3.8) is 0 Å². The highest BCUT2D eigenvalue weighted by atomic mass is 79.9. The molecule has 0 spiro atoms. The third-order valence-electron chi connectivity index (χ3n) is 3.78. The fourth-order valence-electron chi connectivity index (χ4n) is 2.59. The van der Waals surface area contributed by atoms with Gasteiger partial charge in [-0.1, -0.05) is 24.6 Å². The number of piperidine rings is 1. The van der Waals surface area contributed by atoms with Crippen LogP contribution in [0.1, 0.15) is 25.3 Å². The molecule has 1 aliphatic heterocycles. The molecule has 0 aromatic heterocycles. The molecule has 1 N–H and O–H groups in total. The first-order chi connectivity index (χ1) is 9.19. The van der Waals surface area contributed by atoms with E-state index in [-0.39, 0.29) is 0 Å². The number of nitrogens with zero attached hydrogens (tertiary/aromatic N) is 1. The second kappa shape index (κ2) is 7.63. The first-order valence-electron chi connectivity index (χ1n) is 7.06. The standard InChI is InChI=1S/C15H22BrClN2/c1-2-18-10-12-5-7-19(8-6-12)11-13-3-4-15(17)14(16)9-13/h3-4,9,12,18H,2,5-8,10-11H2,1H3. The molecule has 1 aromatic rings. The molecule has 1 aromatic carbocycles. The van der Waals surface area contributed by atoms with Crippen LogP contribution in [0.3, 0.4) is 0 Å². The summed E-state index contributed by atoms with van der Waals surface area (Å²) in [4.78, 5) is 2.54. The van der Waals surface area contributed by atoms with Crippen LogP contribution in [0.15, 0.2) is 22.7 Å². The quantitative estimate of drug-likeness (QED) is 0.870. The molecule has 0 atom stereocenters. The maximum atomic E-state index is 6.02. The number of benzene rings is 1. The summed E-state index contributed by atoms with van der Waals surface area (Å²) < 4.78 is 0.994. The van der Waals surface area contributed by atoms with Crippen molar-refractivity contribution in [3.8, 4) is 0 Å². The normalized spacial score (nSPS) is 17.8. The predicted molar refractivity (Wildman–Crippen MR) is 85.7 cm³/mol. The molecule has 0 unspecified atom stereocenters.